The van der Waals surface area contributed by atoms with Crippen LogP contribution in [-0.4, -0.2) is 53.6 Å². The highest BCUT2D eigenvalue weighted by atomic mass is 16.6. The van der Waals surface area contributed by atoms with Gasteiger partial charge in [0.15, 0.2) is 0 Å². The van der Waals surface area contributed by atoms with Gasteiger partial charge in [-0.3, -0.25) is 9.36 Å². The van der Waals surface area contributed by atoms with Crippen molar-refractivity contribution in [3.63, 3.8) is 0 Å². The van der Waals surface area contributed by atoms with Crippen LogP contribution < -0.4 is 5.56 Å². The minimum atomic E-state index is -0.435. The standard InChI is InChI=1S/C19H21N3O3/c1-20-11-13-21(14-12-20)18(15-22-10-6-5-9-17(22)23)25-19(24)16-7-3-2-4-8-16/h2-10,15H,11-14H2,1H3/b18-15-. The van der Waals surface area contributed by atoms with Gasteiger partial charge in [-0.1, -0.05) is 24.3 Å². The van der Waals surface area contributed by atoms with Crippen LogP contribution in [0.15, 0.2) is 65.4 Å². The molecule has 0 saturated carbocycles. The predicted octanol–water partition coefficient (Wildman–Crippen LogP) is 1.71. The van der Waals surface area contributed by atoms with Crippen LogP contribution in [0.3, 0.4) is 0 Å². The first-order chi connectivity index (χ1) is 12.1. The lowest BCUT2D eigenvalue weighted by Crippen LogP contribution is -2.44. The van der Waals surface area contributed by atoms with E-state index in [1.165, 1.54) is 10.6 Å². The number of carbonyl (C=O) groups is 1. The van der Waals surface area contributed by atoms with Crippen molar-refractivity contribution in [2.75, 3.05) is 33.2 Å². The van der Waals surface area contributed by atoms with Crippen molar-refractivity contribution < 1.29 is 9.53 Å². The Hall–Kier alpha value is -2.86. The van der Waals surface area contributed by atoms with E-state index in [9.17, 15) is 9.59 Å². The van der Waals surface area contributed by atoms with Crippen LogP contribution in [0, 0.1) is 0 Å². The molecule has 0 unspecified atom stereocenters. The molecule has 0 amide bonds. The lowest BCUT2D eigenvalue weighted by molar-refractivity contribution is 0.0445. The van der Waals surface area contributed by atoms with Crippen LogP contribution in [0.25, 0.3) is 6.20 Å². The summed E-state index contributed by atoms with van der Waals surface area (Å²) in [5.41, 5.74) is 0.299. The Labute approximate surface area is 146 Å². The predicted molar refractivity (Wildman–Crippen MR) is 95.9 cm³/mol. The molecule has 0 bridgehead atoms. The fourth-order valence-electron chi connectivity index (χ4n) is 2.59. The second kappa shape index (κ2) is 7.81. The van der Waals surface area contributed by atoms with Crippen LogP contribution in [-0.2, 0) is 4.74 Å². The average molecular weight is 339 g/mol. The van der Waals surface area contributed by atoms with Crippen LogP contribution in [0.4, 0.5) is 0 Å². The number of carbonyl (C=O) groups excluding carboxylic acids is 1. The molecule has 1 fully saturated rings. The van der Waals surface area contributed by atoms with E-state index in [0.717, 1.165) is 26.2 Å². The fourth-order valence-corrected chi connectivity index (χ4v) is 2.59. The maximum absolute atomic E-state index is 12.4. The summed E-state index contributed by atoms with van der Waals surface area (Å²) in [6.45, 7) is 3.19. The summed E-state index contributed by atoms with van der Waals surface area (Å²) in [7, 11) is 2.05. The maximum atomic E-state index is 12.4. The molecule has 1 aliphatic heterocycles. The number of hydrogen-bond acceptors (Lipinski definition) is 5. The molecule has 130 valence electrons. The Balaban J connectivity index is 1.88. The van der Waals surface area contributed by atoms with Gasteiger partial charge < -0.3 is 14.5 Å². The zero-order valence-corrected chi connectivity index (χ0v) is 14.2. The Kier molecular flexibility index (Phi) is 5.30. The van der Waals surface area contributed by atoms with E-state index in [-0.39, 0.29) is 5.56 Å². The van der Waals surface area contributed by atoms with E-state index in [2.05, 4.69) is 11.9 Å². The van der Waals surface area contributed by atoms with Gasteiger partial charge in [-0.25, -0.2) is 4.79 Å². The molecule has 0 spiro atoms. The topological polar surface area (TPSA) is 54.8 Å². The number of esters is 1. The van der Waals surface area contributed by atoms with E-state index >= 15 is 0 Å². The summed E-state index contributed by atoms with van der Waals surface area (Å²) in [5.74, 6) is -0.0509. The molecule has 6 nitrogen and oxygen atoms in total. The van der Waals surface area contributed by atoms with E-state index in [4.69, 9.17) is 4.74 Å². The highest BCUT2D eigenvalue weighted by molar-refractivity contribution is 5.90. The maximum Gasteiger partial charge on any atom is 0.344 e. The van der Waals surface area contributed by atoms with E-state index in [1.54, 1.807) is 48.8 Å². The minimum absolute atomic E-state index is 0.176. The summed E-state index contributed by atoms with van der Waals surface area (Å²) >= 11 is 0. The van der Waals surface area contributed by atoms with E-state index in [1.807, 2.05) is 11.0 Å². The van der Waals surface area contributed by atoms with E-state index < -0.39 is 5.97 Å². The summed E-state index contributed by atoms with van der Waals surface area (Å²) in [5, 5.41) is 0. The summed E-state index contributed by atoms with van der Waals surface area (Å²) in [4.78, 5) is 28.6. The van der Waals surface area contributed by atoms with Crippen molar-refractivity contribution in [3.05, 3.63) is 76.5 Å². The van der Waals surface area contributed by atoms with Crippen molar-refractivity contribution in [3.8, 4) is 0 Å². The van der Waals surface area contributed by atoms with Crippen molar-refractivity contribution in [2.24, 2.45) is 0 Å². The Morgan fingerprint density at radius 3 is 2.36 bits per heavy atom. The Morgan fingerprint density at radius 1 is 1.00 bits per heavy atom. The monoisotopic (exact) mass is 339 g/mol. The first-order valence-electron chi connectivity index (χ1n) is 8.23. The zero-order valence-electron chi connectivity index (χ0n) is 14.2. The number of rotatable bonds is 4. The van der Waals surface area contributed by atoms with Crippen molar-refractivity contribution in [1.82, 2.24) is 14.4 Å². The van der Waals surface area contributed by atoms with Crippen molar-refractivity contribution in [1.29, 1.82) is 0 Å². The molecule has 0 radical (unpaired) electrons. The molecule has 3 rings (SSSR count). The molecule has 1 aliphatic rings. The highest BCUT2D eigenvalue weighted by Gasteiger charge is 2.20. The largest absolute Gasteiger partial charge is 0.404 e. The van der Waals surface area contributed by atoms with Crippen molar-refractivity contribution >= 4 is 12.2 Å². The number of piperazine rings is 1. The van der Waals surface area contributed by atoms with Gasteiger partial charge in [-0.15, -0.1) is 0 Å². The molecule has 6 heteroatoms. The van der Waals surface area contributed by atoms with Gasteiger partial charge in [0.2, 0.25) is 5.88 Å². The second-order valence-electron chi connectivity index (χ2n) is 5.96. The van der Waals surface area contributed by atoms with Gasteiger partial charge in [0.05, 0.1) is 11.8 Å². The first-order valence-corrected chi connectivity index (χ1v) is 8.23. The number of likely N-dealkylation sites (N-methyl/N-ethyl adjacent to an activating group) is 1. The lowest BCUT2D eigenvalue weighted by atomic mass is 10.2. The van der Waals surface area contributed by atoms with Crippen LogP contribution in [0.2, 0.25) is 0 Å². The second-order valence-corrected chi connectivity index (χ2v) is 5.96. The number of benzene rings is 1. The quantitative estimate of drug-likeness (QED) is 0.627. The molecule has 2 aromatic rings. The molecular weight excluding hydrogens is 318 g/mol. The Bertz CT molecular complexity index is 806. The fraction of sp³-hybridized carbons (Fsp3) is 0.263. The van der Waals surface area contributed by atoms with Gasteiger partial charge in [0.25, 0.3) is 5.56 Å². The van der Waals surface area contributed by atoms with Gasteiger partial charge in [-0.05, 0) is 25.2 Å². The SMILES string of the molecule is CN1CCN(/C(=C/n2ccccc2=O)OC(=O)c2ccccc2)CC1. The van der Waals surface area contributed by atoms with Gasteiger partial charge in [0, 0.05) is 38.4 Å². The first kappa shape index (κ1) is 17.0. The van der Waals surface area contributed by atoms with Crippen LogP contribution in [0.5, 0.6) is 0 Å². The molecular formula is C19H21N3O3. The minimum Gasteiger partial charge on any atom is -0.404 e. The summed E-state index contributed by atoms with van der Waals surface area (Å²) in [6.07, 6.45) is 3.23. The van der Waals surface area contributed by atoms with Gasteiger partial charge >= 0.3 is 5.97 Å². The molecule has 0 N–H and O–H groups in total. The zero-order chi connectivity index (χ0) is 17.6. The van der Waals surface area contributed by atoms with Gasteiger partial charge in [-0.2, -0.15) is 0 Å². The molecule has 0 aliphatic carbocycles. The van der Waals surface area contributed by atoms with Crippen molar-refractivity contribution in [2.45, 2.75) is 0 Å². The van der Waals surface area contributed by atoms with E-state index in [0.29, 0.717) is 11.4 Å². The summed E-state index contributed by atoms with van der Waals surface area (Å²) < 4.78 is 7.06. The molecule has 25 heavy (non-hydrogen) atoms. The molecule has 1 aromatic heterocycles. The molecule has 1 saturated heterocycles. The third-order valence-corrected chi connectivity index (χ3v) is 4.12. The number of pyridine rings is 1. The third kappa shape index (κ3) is 4.36. The molecule has 0 atom stereocenters. The lowest BCUT2D eigenvalue weighted by Gasteiger charge is -2.34. The smallest absolute Gasteiger partial charge is 0.344 e. The van der Waals surface area contributed by atoms with Crippen LogP contribution in [0.1, 0.15) is 10.4 Å². The molecule has 1 aromatic carbocycles. The third-order valence-electron chi connectivity index (χ3n) is 4.12. The number of nitrogens with zero attached hydrogens (tertiary/aromatic N) is 3. The normalized spacial score (nSPS) is 15.9. The van der Waals surface area contributed by atoms with Crippen LogP contribution >= 0.6 is 0 Å². The summed E-state index contributed by atoms with van der Waals surface area (Å²) in [6, 6.07) is 13.7. The number of hydrogen-bond donors (Lipinski definition) is 0. The number of aromatic nitrogens is 1. The number of ether oxygens (including phenoxy) is 1. The highest BCUT2D eigenvalue weighted by Crippen LogP contribution is 2.14. The molecule has 2 heterocycles. The average Bonchev–Trinajstić information content (AvgIpc) is 2.64. The Morgan fingerprint density at radius 2 is 1.68 bits per heavy atom. The van der Waals surface area contributed by atoms with Gasteiger partial charge in [0.1, 0.15) is 0 Å².